The molecule has 0 unspecified atom stereocenters. The quantitative estimate of drug-likeness (QED) is 0.373. The van der Waals surface area contributed by atoms with E-state index in [0.29, 0.717) is 21.8 Å². The van der Waals surface area contributed by atoms with E-state index in [4.69, 9.17) is 0 Å². The zero-order valence-corrected chi connectivity index (χ0v) is 16.8. The van der Waals surface area contributed by atoms with Crippen LogP contribution in [0, 0.1) is 0 Å². The van der Waals surface area contributed by atoms with Gasteiger partial charge < -0.3 is 0 Å². The number of aromatic nitrogens is 2. The van der Waals surface area contributed by atoms with Crippen LogP contribution in [-0.4, -0.2) is 36.5 Å². The Balaban J connectivity index is 2.09. The van der Waals surface area contributed by atoms with Gasteiger partial charge in [0.1, 0.15) is 0 Å². The van der Waals surface area contributed by atoms with Crippen LogP contribution in [0.2, 0.25) is 0 Å². The third kappa shape index (κ3) is 4.58. The maximum atomic E-state index is 13.2. The van der Waals surface area contributed by atoms with Gasteiger partial charge in [0.2, 0.25) is 10.0 Å². The normalized spacial score (nSPS) is 11.8. The van der Waals surface area contributed by atoms with E-state index in [0.717, 1.165) is 23.9 Å². The number of nitrogens with zero attached hydrogens (tertiary/aromatic N) is 2. The summed E-state index contributed by atoms with van der Waals surface area (Å²) in [6.45, 7) is 2.31. The molecule has 142 valence electrons. The Morgan fingerprint density at radius 2 is 1.81 bits per heavy atom. The summed E-state index contributed by atoms with van der Waals surface area (Å²) in [7, 11) is -3.25. The van der Waals surface area contributed by atoms with Gasteiger partial charge >= 0.3 is 0 Å². The van der Waals surface area contributed by atoms with E-state index in [2.05, 4.69) is 9.71 Å². The van der Waals surface area contributed by atoms with Crippen molar-refractivity contribution in [1.82, 2.24) is 14.3 Å². The van der Waals surface area contributed by atoms with Gasteiger partial charge in [-0.25, -0.2) is 18.1 Å². The average Bonchev–Trinajstić information content (AvgIpc) is 2.65. The molecule has 3 aromatic rings. The average molecular weight is 404 g/mol. The molecule has 1 heterocycles. The van der Waals surface area contributed by atoms with E-state index < -0.39 is 10.0 Å². The molecule has 6 nitrogen and oxygen atoms in total. The SMILES string of the molecule is CCc1ccccc1-n1c(SCCNS(C)(=O)=O)nc2ccccc2c1=O. The van der Waals surface area contributed by atoms with E-state index in [1.807, 2.05) is 49.4 Å². The summed E-state index contributed by atoms with van der Waals surface area (Å²) in [6.07, 6.45) is 1.91. The zero-order chi connectivity index (χ0) is 19.4. The molecule has 0 saturated heterocycles. The van der Waals surface area contributed by atoms with Crippen molar-refractivity contribution in [2.45, 2.75) is 18.5 Å². The summed E-state index contributed by atoms with van der Waals surface area (Å²) in [5.74, 6) is 0.464. The number of sulfonamides is 1. The van der Waals surface area contributed by atoms with Crippen LogP contribution in [-0.2, 0) is 16.4 Å². The van der Waals surface area contributed by atoms with Crippen molar-refractivity contribution in [2.24, 2.45) is 0 Å². The van der Waals surface area contributed by atoms with Gasteiger partial charge in [-0.15, -0.1) is 0 Å². The van der Waals surface area contributed by atoms with Crippen LogP contribution in [0.4, 0.5) is 0 Å². The first kappa shape index (κ1) is 19.6. The number of nitrogens with one attached hydrogen (secondary N) is 1. The van der Waals surface area contributed by atoms with Gasteiger partial charge in [0.15, 0.2) is 5.16 Å². The molecule has 0 radical (unpaired) electrons. The lowest BCUT2D eigenvalue weighted by Gasteiger charge is -2.16. The van der Waals surface area contributed by atoms with E-state index in [9.17, 15) is 13.2 Å². The Kier molecular flexibility index (Phi) is 5.98. The van der Waals surface area contributed by atoms with E-state index in [-0.39, 0.29) is 12.1 Å². The molecule has 0 aliphatic carbocycles. The number of aryl methyl sites for hydroxylation is 1. The van der Waals surface area contributed by atoms with Crippen LogP contribution in [0.25, 0.3) is 16.6 Å². The highest BCUT2D eigenvalue weighted by Crippen LogP contribution is 2.23. The predicted molar refractivity (Wildman–Crippen MR) is 110 cm³/mol. The van der Waals surface area contributed by atoms with Gasteiger partial charge in [0.05, 0.1) is 22.8 Å². The van der Waals surface area contributed by atoms with Gasteiger partial charge in [0, 0.05) is 12.3 Å². The first-order chi connectivity index (χ1) is 12.9. The number of fused-ring (bicyclic) bond motifs is 1. The second-order valence-corrected chi connectivity index (χ2v) is 8.94. The molecule has 0 spiro atoms. The first-order valence-corrected chi connectivity index (χ1v) is 11.5. The minimum atomic E-state index is -3.25. The van der Waals surface area contributed by atoms with Crippen LogP contribution in [0.3, 0.4) is 0 Å². The monoisotopic (exact) mass is 403 g/mol. The number of hydrogen-bond acceptors (Lipinski definition) is 5. The van der Waals surface area contributed by atoms with Crippen molar-refractivity contribution in [1.29, 1.82) is 0 Å². The third-order valence-electron chi connectivity index (χ3n) is 4.06. The highest BCUT2D eigenvalue weighted by atomic mass is 32.2. The van der Waals surface area contributed by atoms with E-state index in [1.54, 1.807) is 10.6 Å². The molecule has 0 amide bonds. The number of hydrogen-bond donors (Lipinski definition) is 1. The fourth-order valence-corrected chi connectivity index (χ4v) is 4.28. The molecule has 0 atom stereocenters. The second kappa shape index (κ2) is 8.24. The van der Waals surface area contributed by atoms with Gasteiger partial charge in [-0.1, -0.05) is 49.0 Å². The highest BCUT2D eigenvalue weighted by molar-refractivity contribution is 7.99. The molecule has 27 heavy (non-hydrogen) atoms. The Labute approximate surface area is 162 Å². The highest BCUT2D eigenvalue weighted by Gasteiger charge is 2.15. The van der Waals surface area contributed by atoms with Crippen LogP contribution >= 0.6 is 11.8 Å². The minimum Gasteiger partial charge on any atom is -0.268 e. The number of thioether (sulfide) groups is 1. The van der Waals surface area contributed by atoms with Crippen LogP contribution in [0.1, 0.15) is 12.5 Å². The smallest absolute Gasteiger partial charge is 0.266 e. The van der Waals surface area contributed by atoms with Gasteiger partial charge in [0.25, 0.3) is 5.56 Å². The molecular weight excluding hydrogens is 382 g/mol. The fourth-order valence-electron chi connectivity index (χ4n) is 2.82. The summed E-state index contributed by atoms with van der Waals surface area (Å²) in [5, 5.41) is 1.11. The molecule has 0 saturated carbocycles. The maximum absolute atomic E-state index is 13.2. The molecule has 0 bridgehead atoms. The fraction of sp³-hybridized carbons (Fsp3) is 0.263. The van der Waals surface area contributed by atoms with Crippen molar-refractivity contribution in [3.63, 3.8) is 0 Å². The summed E-state index contributed by atoms with van der Waals surface area (Å²) in [4.78, 5) is 17.9. The third-order valence-corrected chi connectivity index (χ3v) is 5.72. The summed E-state index contributed by atoms with van der Waals surface area (Å²) < 4.78 is 26.6. The van der Waals surface area contributed by atoms with E-state index in [1.165, 1.54) is 11.8 Å². The van der Waals surface area contributed by atoms with Crippen LogP contribution in [0.15, 0.2) is 58.5 Å². The molecular formula is C19H21N3O3S2. The molecule has 0 aliphatic heterocycles. The molecule has 8 heteroatoms. The lowest BCUT2D eigenvalue weighted by Crippen LogP contribution is -2.26. The van der Waals surface area contributed by atoms with Crippen LogP contribution < -0.4 is 10.3 Å². The summed E-state index contributed by atoms with van der Waals surface area (Å²) >= 11 is 1.36. The van der Waals surface area contributed by atoms with Crippen molar-refractivity contribution in [3.8, 4) is 5.69 Å². The molecule has 0 aliphatic rings. The van der Waals surface area contributed by atoms with Crippen molar-refractivity contribution < 1.29 is 8.42 Å². The number of benzene rings is 2. The Hall–Kier alpha value is -2.16. The first-order valence-electron chi connectivity index (χ1n) is 8.58. The lowest BCUT2D eigenvalue weighted by atomic mass is 10.1. The summed E-state index contributed by atoms with van der Waals surface area (Å²) in [5.41, 5.74) is 2.36. The second-order valence-electron chi connectivity index (χ2n) is 6.05. The Bertz CT molecular complexity index is 1120. The molecule has 0 fully saturated rings. The standard InChI is InChI=1S/C19H21N3O3S2/c1-3-14-8-4-7-11-17(14)22-18(23)15-9-5-6-10-16(15)21-19(22)26-13-12-20-27(2,24)25/h4-11,20H,3,12-13H2,1-2H3. The molecule has 1 N–H and O–H groups in total. The van der Waals surface area contributed by atoms with Crippen molar-refractivity contribution in [2.75, 3.05) is 18.6 Å². The Morgan fingerprint density at radius 1 is 1.11 bits per heavy atom. The van der Waals surface area contributed by atoms with Gasteiger partial charge in [-0.3, -0.25) is 9.36 Å². The Morgan fingerprint density at radius 3 is 2.56 bits per heavy atom. The minimum absolute atomic E-state index is 0.125. The number of rotatable bonds is 7. The molecule has 2 aromatic carbocycles. The molecule has 1 aromatic heterocycles. The zero-order valence-electron chi connectivity index (χ0n) is 15.2. The largest absolute Gasteiger partial charge is 0.268 e. The predicted octanol–water partition coefficient (Wildman–Crippen LogP) is 2.59. The van der Waals surface area contributed by atoms with Crippen molar-refractivity contribution in [3.05, 3.63) is 64.4 Å². The summed E-state index contributed by atoms with van der Waals surface area (Å²) in [6, 6.07) is 15.0. The van der Waals surface area contributed by atoms with E-state index >= 15 is 0 Å². The lowest BCUT2D eigenvalue weighted by molar-refractivity contribution is 0.590. The maximum Gasteiger partial charge on any atom is 0.266 e. The van der Waals surface area contributed by atoms with Crippen LogP contribution in [0.5, 0.6) is 0 Å². The van der Waals surface area contributed by atoms with Gasteiger partial charge in [-0.2, -0.15) is 0 Å². The van der Waals surface area contributed by atoms with Crippen molar-refractivity contribution >= 4 is 32.7 Å². The molecule has 3 rings (SSSR count). The number of para-hydroxylation sites is 2. The van der Waals surface area contributed by atoms with Gasteiger partial charge in [-0.05, 0) is 30.2 Å². The topological polar surface area (TPSA) is 81.1 Å².